The maximum Gasteiger partial charge on any atom is 0.116 e. The lowest BCUT2D eigenvalue weighted by atomic mass is 9.88. The summed E-state index contributed by atoms with van der Waals surface area (Å²) in [5.74, 6) is 0.861. The number of hydrogen-bond donors (Lipinski definition) is 1. The highest BCUT2D eigenvalue weighted by Gasteiger charge is 2.39. The Labute approximate surface area is 105 Å². The van der Waals surface area contributed by atoms with Gasteiger partial charge in [0.2, 0.25) is 0 Å². The van der Waals surface area contributed by atoms with Crippen molar-refractivity contribution in [3.8, 4) is 0 Å². The van der Waals surface area contributed by atoms with Crippen LogP contribution in [0.3, 0.4) is 0 Å². The van der Waals surface area contributed by atoms with Gasteiger partial charge in [-0.1, -0.05) is 19.3 Å². The molecule has 3 nitrogen and oxygen atoms in total. The predicted molar refractivity (Wildman–Crippen MR) is 68.8 cm³/mol. The quantitative estimate of drug-likeness (QED) is 0.820. The van der Waals surface area contributed by atoms with E-state index in [-0.39, 0.29) is 18.4 Å². The van der Waals surface area contributed by atoms with Crippen molar-refractivity contribution in [1.82, 2.24) is 4.90 Å². The summed E-state index contributed by atoms with van der Waals surface area (Å²) in [6.07, 6.45) is 7.99. The van der Waals surface area contributed by atoms with Crippen LogP contribution in [-0.4, -0.2) is 41.5 Å². The van der Waals surface area contributed by atoms with Gasteiger partial charge in [0.15, 0.2) is 0 Å². The van der Waals surface area contributed by atoms with E-state index in [4.69, 9.17) is 9.84 Å². The molecule has 1 atom stereocenters. The van der Waals surface area contributed by atoms with E-state index in [1.165, 1.54) is 38.6 Å². The maximum absolute atomic E-state index is 9.01. The van der Waals surface area contributed by atoms with Crippen LogP contribution < -0.4 is 0 Å². The SMILES string of the molecule is CC1(C)O[C@@H](CCO)CN1CC1CCCCC1. The van der Waals surface area contributed by atoms with E-state index in [1.807, 2.05) is 0 Å². The molecule has 1 saturated heterocycles. The molecule has 0 aromatic rings. The van der Waals surface area contributed by atoms with Gasteiger partial charge in [0.1, 0.15) is 5.72 Å². The van der Waals surface area contributed by atoms with Crippen molar-refractivity contribution in [2.75, 3.05) is 19.7 Å². The second-order valence-electron chi connectivity index (χ2n) is 6.11. The van der Waals surface area contributed by atoms with Gasteiger partial charge in [-0.2, -0.15) is 0 Å². The third-order valence-corrected chi connectivity index (χ3v) is 4.30. The third kappa shape index (κ3) is 3.43. The van der Waals surface area contributed by atoms with Crippen LogP contribution in [0.4, 0.5) is 0 Å². The van der Waals surface area contributed by atoms with Crippen LogP contribution in [-0.2, 0) is 4.74 Å². The number of nitrogens with zero attached hydrogens (tertiary/aromatic N) is 1. The lowest BCUT2D eigenvalue weighted by Gasteiger charge is -2.34. The molecule has 2 fully saturated rings. The molecule has 0 aromatic carbocycles. The van der Waals surface area contributed by atoms with Crippen LogP contribution in [0.5, 0.6) is 0 Å². The first kappa shape index (κ1) is 13.3. The maximum atomic E-state index is 9.01. The van der Waals surface area contributed by atoms with Crippen molar-refractivity contribution in [1.29, 1.82) is 0 Å². The topological polar surface area (TPSA) is 32.7 Å². The average Bonchev–Trinajstić information content (AvgIpc) is 2.55. The van der Waals surface area contributed by atoms with E-state index in [1.54, 1.807) is 0 Å². The van der Waals surface area contributed by atoms with Gasteiger partial charge < -0.3 is 9.84 Å². The molecule has 17 heavy (non-hydrogen) atoms. The fourth-order valence-corrected chi connectivity index (χ4v) is 3.26. The molecule has 3 heteroatoms. The van der Waals surface area contributed by atoms with Gasteiger partial charge in [-0.25, -0.2) is 0 Å². The lowest BCUT2D eigenvalue weighted by molar-refractivity contribution is -0.0833. The van der Waals surface area contributed by atoms with Gasteiger partial charge in [-0.05, 0) is 39.0 Å². The highest BCUT2D eigenvalue weighted by atomic mass is 16.5. The number of ether oxygens (including phenoxy) is 1. The van der Waals surface area contributed by atoms with Crippen LogP contribution >= 0.6 is 0 Å². The van der Waals surface area contributed by atoms with Gasteiger partial charge in [-0.3, -0.25) is 4.90 Å². The first-order valence-electron chi connectivity index (χ1n) is 7.15. The summed E-state index contributed by atoms with van der Waals surface area (Å²) < 4.78 is 6.01. The minimum atomic E-state index is -0.142. The smallest absolute Gasteiger partial charge is 0.116 e. The van der Waals surface area contributed by atoms with Gasteiger partial charge in [0.05, 0.1) is 6.10 Å². The fourth-order valence-electron chi connectivity index (χ4n) is 3.26. The van der Waals surface area contributed by atoms with E-state index in [0.717, 1.165) is 18.9 Å². The minimum absolute atomic E-state index is 0.142. The van der Waals surface area contributed by atoms with Crippen LogP contribution in [0.1, 0.15) is 52.4 Å². The Balaban J connectivity index is 1.86. The Hall–Kier alpha value is -0.120. The van der Waals surface area contributed by atoms with Crippen molar-refractivity contribution in [3.63, 3.8) is 0 Å². The van der Waals surface area contributed by atoms with Crippen LogP contribution in [0.15, 0.2) is 0 Å². The van der Waals surface area contributed by atoms with Gasteiger partial charge in [-0.15, -0.1) is 0 Å². The fraction of sp³-hybridized carbons (Fsp3) is 1.00. The van der Waals surface area contributed by atoms with E-state index in [9.17, 15) is 0 Å². The molecule has 1 aliphatic carbocycles. The summed E-state index contributed by atoms with van der Waals surface area (Å²) in [7, 11) is 0. The lowest BCUT2D eigenvalue weighted by Crippen LogP contribution is -2.42. The number of hydrogen-bond acceptors (Lipinski definition) is 3. The van der Waals surface area contributed by atoms with Crippen LogP contribution in [0.2, 0.25) is 0 Å². The van der Waals surface area contributed by atoms with Crippen molar-refractivity contribution in [2.45, 2.75) is 64.2 Å². The molecule has 2 aliphatic rings. The van der Waals surface area contributed by atoms with E-state index >= 15 is 0 Å². The molecule has 1 aliphatic heterocycles. The molecule has 100 valence electrons. The Kier molecular flexibility index (Phi) is 4.45. The molecule has 1 N–H and O–H groups in total. The van der Waals surface area contributed by atoms with Crippen molar-refractivity contribution >= 4 is 0 Å². The molecule has 0 radical (unpaired) electrons. The highest BCUT2D eigenvalue weighted by molar-refractivity contribution is 4.86. The molecule has 2 rings (SSSR count). The van der Waals surface area contributed by atoms with Crippen molar-refractivity contribution in [3.05, 3.63) is 0 Å². The summed E-state index contributed by atoms with van der Waals surface area (Å²) in [5.41, 5.74) is -0.142. The standard InChI is InChI=1S/C14H27NO2/c1-14(2)15(11-13(17-14)8-9-16)10-12-6-4-3-5-7-12/h12-13,16H,3-11H2,1-2H3/t13-/m0/s1. The normalized spacial score (nSPS) is 30.9. The van der Waals surface area contributed by atoms with Crippen molar-refractivity contribution in [2.24, 2.45) is 5.92 Å². The number of aliphatic hydroxyl groups is 1. The first-order chi connectivity index (χ1) is 8.12. The van der Waals surface area contributed by atoms with Crippen LogP contribution in [0.25, 0.3) is 0 Å². The molecular weight excluding hydrogens is 214 g/mol. The van der Waals surface area contributed by atoms with E-state index in [2.05, 4.69) is 18.7 Å². The number of aliphatic hydroxyl groups excluding tert-OH is 1. The predicted octanol–water partition coefficient (Wildman–Crippen LogP) is 2.39. The largest absolute Gasteiger partial charge is 0.396 e. The van der Waals surface area contributed by atoms with Gasteiger partial charge in [0.25, 0.3) is 0 Å². The average molecular weight is 241 g/mol. The molecule has 0 bridgehead atoms. The molecule has 0 unspecified atom stereocenters. The number of rotatable bonds is 4. The minimum Gasteiger partial charge on any atom is -0.396 e. The zero-order chi connectivity index (χ0) is 12.3. The molecule has 0 amide bonds. The Morgan fingerprint density at radius 3 is 2.59 bits per heavy atom. The molecular formula is C14H27NO2. The zero-order valence-electron chi connectivity index (χ0n) is 11.3. The van der Waals surface area contributed by atoms with Gasteiger partial charge >= 0.3 is 0 Å². The van der Waals surface area contributed by atoms with Gasteiger partial charge in [0, 0.05) is 19.7 Å². The van der Waals surface area contributed by atoms with Crippen molar-refractivity contribution < 1.29 is 9.84 Å². The second kappa shape index (κ2) is 5.68. The third-order valence-electron chi connectivity index (χ3n) is 4.30. The summed E-state index contributed by atoms with van der Waals surface area (Å²) >= 11 is 0. The highest BCUT2D eigenvalue weighted by Crippen LogP contribution is 2.32. The Morgan fingerprint density at radius 2 is 1.94 bits per heavy atom. The zero-order valence-corrected chi connectivity index (χ0v) is 11.3. The molecule has 1 saturated carbocycles. The summed E-state index contributed by atoms with van der Waals surface area (Å²) in [4.78, 5) is 2.48. The van der Waals surface area contributed by atoms with E-state index < -0.39 is 0 Å². The molecule has 0 spiro atoms. The summed E-state index contributed by atoms with van der Waals surface area (Å²) in [5, 5.41) is 9.01. The van der Waals surface area contributed by atoms with Crippen LogP contribution in [0, 0.1) is 5.92 Å². The van der Waals surface area contributed by atoms with E-state index in [0.29, 0.717) is 0 Å². The summed E-state index contributed by atoms with van der Waals surface area (Å²) in [6.45, 7) is 6.72. The Bertz CT molecular complexity index is 236. The first-order valence-corrected chi connectivity index (χ1v) is 7.15. The summed E-state index contributed by atoms with van der Waals surface area (Å²) in [6, 6.07) is 0. The monoisotopic (exact) mass is 241 g/mol. The molecule has 0 aromatic heterocycles. The molecule has 1 heterocycles. The second-order valence-corrected chi connectivity index (χ2v) is 6.11. The Morgan fingerprint density at radius 1 is 1.24 bits per heavy atom.